The summed E-state index contributed by atoms with van der Waals surface area (Å²) in [6, 6.07) is 4.39. The van der Waals surface area contributed by atoms with Crippen LogP contribution in [-0.4, -0.2) is 5.97 Å². The van der Waals surface area contributed by atoms with Crippen molar-refractivity contribution in [1.29, 1.82) is 0 Å². The van der Waals surface area contributed by atoms with E-state index in [0.717, 1.165) is 0 Å². The summed E-state index contributed by atoms with van der Waals surface area (Å²) in [5, 5.41) is 0. The fourth-order valence-electron chi connectivity index (χ4n) is 1.17. The number of rotatable bonds is 2. The van der Waals surface area contributed by atoms with Crippen molar-refractivity contribution in [3.8, 4) is 0 Å². The van der Waals surface area contributed by atoms with Crippen LogP contribution in [0.4, 0.5) is 4.39 Å². The van der Waals surface area contributed by atoms with Crippen LogP contribution in [0.5, 0.6) is 0 Å². The summed E-state index contributed by atoms with van der Waals surface area (Å²) < 4.78 is 17.8. The SMILES string of the molecule is CC(C)c1ccc(C(=O)OI)cc1F. The van der Waals surface area contributed by atoms with E-state index in [2.05, 4.69) is 3.07 Å². The molecule has 0 aliphatic heterocycles. The molecule has 0 aliphatic carbocycles. The van der Waals surface area contributed by atoms with E-state index in [1.807, 2.05) is 13.8 Å². The van der Waals surface area contributed by atoms with Gasteiger partial charge in [0.25, 0.3) is 0 Å². The maximum atomic E-state index is 13.4. The van der Waals surface area contributed by atoms with Crippen molar-refractivity contribution < 1.29 is 12.3 Å². The molecule has 76 valence electrons. The topological polar surface area (TPSA) is 26.3 Å². The van der Waals surface area contributed by atoms with E-state index in [-0.39, 0.29) is 17.3 Å². The lowest BCUT2D eigenvalue weighted by atomic mass is 10.0. The van der Waals surface area contributed by atoms with Crippen molar-refractivity contribution in [2.45, 2.75) is 19.8 Å². The van der Waals surface area contributed by atoms with Gasteiger partial charge in [-0.05, 0) is 23.6 Å². The van der Waals surface area contributed by atoms with E-state index in [9.17, 15) is 9.18 Å². The molecule has 0 unspecified atom stereocenters. The van der Waals surface area contributed by atoms with Crippen molar-refractivity contribution in [3.63, 3.8) is 0 Å². The Labute approximate surface area is 96.1 Å². The third-order valence-corrected chi connectivity index (χ3v) is 2.33. The summed E-state index contributed by atoms with van der Waals surface area (Å²) in [4.78, 5) is 11.1. The van der Waals surface area contributed by atoms with Crippen LogP contribution in [0.25, 0.3) is 0 Å². The summed E-state index contributed by atoms with van der Waals surface area (Å²) in [7, 11) is 0. The molecule has 0 saturated heterocycles. The van der Waals surface area contributed by atoms with Gasteiger partial charge in [-0.1, -0.05) is 19.9 Å². The molecule has 0 aromatic heterocycles. The minimum absolute atomic E-state index is 0.111. The van der Waals surface area contributed by atoms with E-state index in [1.54, 1.807) is 12.1 Å². The molecule has 0 fully saturated rings. The van der Waals surface area contributed by atoms with Gasteiger partial charge in [-0.25, -0.2) is 9.18 Å². The van der Waals surface area contributed by atoms with E-state index in [4.69, 9.17) is 0 Å². The van der Waals surface area contributed by atoms with Gasteiger partial charge in [0, 0.05) is 0 Å². The maximum absolute atomic E-state index is 13.4. The Morgan fingerprint density at radius 1 is 1.50 bits per heavy atom. The van der Waals surface area contributed by atoms with Crippen LogP contribution in [0.1, 0.15) is 35.7 Å². The molecule has 1 aromatic rings. The number of hydrogen-bond donors (Lipinski definition) is 0. The molecule has 4 heteroatoms. The zero-order chi connectivity index (χ0) is 10.7. The molecule has 0 bridgehead atoms. The first-order valence-electron chi connectivity index (χ1n) is 4.18. The number of carbonyl (C=O) groups excluding carboxylic acids is 1. The highest BCUT2D eigenvalue weighted by Gasteiger charge is 2.11. The van der Waals surface area contributed by atoms with Gasteiger partial charge in [0.15, 0.2) is 23.0 Å². The summed E-state index contributed by atoms with van der Waals surface area (Å²) in [6.45, 7) is 3.80. The molecule has 1 rings (SSSR count). The molecule has 1 aromatic carbocycles. The van der Waals surface area contributed by atoms with Crippen molar-refractivity contribution >= 4 is 29.0 Å². The summed E-state index contributed by atoms with van der Waals surface area (Å²) in [6.07, 6.45) is 0. The Morgan fingerprint density at radius 3 is 2.57 bits per heavy atom. The molecule has 0 saturated carbocycles. The molecule has 0 heterocycles. The molecular weight excluding hydrogens is 298 g/mol. The van der Waals surface area contributed by atoms with Gasteiger partial charge in [-0.3, -0.25) is 0 Å². The van der Waals surface area contributed by atoms with Crippen LogP contribution in [0.3, 0.4) is 0 Å². The van der Waals surface area contributed by atoms with Gasteiger partial charge in [-0.15, -0.1) is 0 Å². The molecular formula is C10H10FIO2. The van der Waals surface area contributed by atoms with Crippen LogP contribution < -0.4 is 0 Å². The van der Waals surface area contributed by atoms with Crippen LogP contribution in [0.15, 0.2) is 18.2 Å². The van der Waals surface area contributed by atoms with Crippen molar-refractivity contribution in [2.75, 3.05) is 0 Å². The molecule has 0 atom stereocenters. The quantitative estimate of drug-likeness (QED) is 0.782. The fraction of sp³-hybridized carbons (Fsp3) is 0.300. The Balaban J connectivity index is 3.06. The predicted octanol–water partition coefficient (Wildman–Crippen LogP) is 3.46. The monoisotopic (exact) mass is 308 g/mol. The highest BCUT2D eigenvalue weighted by atomic mass is 127. The van der Waals surface area contributed by atoms with Crippen LogP contribution in [-0.2, 0) is 3.07 Å². The minimum Gasteiger partial charge on any atom is -0.391 e. The largest absolute Gasteiger partial charge is 0.391 e. The zero-order valence-corrected chi connectivity index (χ0v) is 10.0. The zero-order valence-electron chi connectivity index (χ0n) is 7.88. The summed E-state index contributed by atoms with van der Waals surface area (Å²) in [5.74, 6) is -0.779. The lowest BCUT2D eigenvalue weighted by Gasteiger charge is -2.07. The highest BCUT2D eigenvalue weighted by Crippen LogP contribution is 2.19. The van der Waals surface area contributed by atoms with Gasteiger partial charge in [0.2, 0.25) is 0 Å². The van der Waals surface area contributed by atoms with E-state index in [1.165, 1.54) is 29.1 Å². The van der Waals surface area contributed by atoms with Gasteiger partial charge >= 0.3 is 5.97 Å². The summed E-state index contributed by atoms with van der Waals surface area (Å²) in [5.41, 5.74) is 0.844. The first kappa shape index (κ1) is 11.4. The molecule has 0 radical (unpaired) electrons. The number of halogens is 2. The molecule has 0 spiro atoms. The van der Waals surface area contributed by atoms with E-state index in [0.29, 0.717) is 5.56 Å². The van der Waals surface area contributed by atoms with Gasteiger partial charge in [-0.2, -0.15) is 0 Å². The highest BCUT2D eigenvalue weighted by molar-refractivity contribution is 14.1. The van der Waals surface area contributed by atoms with Gasteiger partial charge < -0.3 is 3.07 Å². The summed E-state index contributed by atoms with van der Waals surface area (Å²) >= 11 is 1.48. The van der Waals surface area contributed by atoms with Crippen LogP contribution >= 0.6 is 23.0 Å². The standard InChI is InChI=1S/C10H10FIO2/c1-6(2)8-4-3-7(5-9(8)11)10(13)14-12/h3-6H,1-2H3. The molecule has 2 nitrogen and oxygen atoms in total. The third kappa shape index (κ3) is 2.43. The molecule has 0 N–H and O–H groups in total. The second kappa shape index (κ2) is 4.72. The minimum atomic E-state index is -0.528. The molecule has 0 amide bonds. The van der Waals surface area contributed by atoms with Gasteiger partial charge in [0.05, 0.1) is 5.56 Å². The molecule has 14 heavy (non-hydrogen) atoms. The van der Waals surface area contributed by atoms with Crippen LogP contribution in [0, 0.1) is 5.82 Å². The Kier molecular flexibility index (Phi) is 3.86. The van der Waals surface area contributed by atoms with Gasteiger partial charge in [0.1, 0.15) is 5.82 Å². The number of benzene rings is 1. The Morgan fingerprint density at radius 2 is 2.14 bits per heavy atom. The van der Waals surface area contributed by atoms with Crippen molar-refractivity contribution in [3.05, 3.63) is 35.1 Å². The normalized spacial score (nSPS) is 10.4. The average molecular weight is 308 g/mol. The van der Waals surface area contributed by atoms with Crippen LogP contribution in [0.2, 0.25) is 0 Å². The average Bonchev–Trinajstić information content (AvgIpc) is 2.15. The lowest BCUT2D eigenvalue weighted by Crippen LogP contribution is -2.01. The number of hydrogen-bond acceptors (Lipinski definition) is 2. The van der Waals surface area contributed by atoms with Crippen molar-refractivity contribution in [1.82, 2.24) is 0 Å². The Bertz CT molecular complexity index is 350. The van der Waals surface area contributed by atoms with E-state index >= 15 is 0 Å². The van der Waals surface area contributed by atoms with Crippen molar-refractivity contribution in [2.24, 2.45) is 0 Å². The molecule has 0 aliphatic rings. The van der Waals surface area contributed by atoms with E-state index < -0.39 is 5.97 Å². The second-order valence-corrected chi connectivity index (χ2v) is 3.70. The predicted molar refractivity (Wildman–Crippen MR) is 59.9 cm³/mol. The maximum Gasteiger partial charge on any atom is 0.347 e. The Hall–Kier alpha value is -0.650. The number of carbonyl (C=O) groups is 1. The second-order valence-electron chi connectivity index (χ2n) is 3.26. The first-order valence-corrected chi connectivity index (χ1v) is 5.06. The third-order valence-electron chi connectivity index (χ3n) is 1.93. The first-order chi connectivity index (χ1) is 6.56. The smallest absolute Gasteiger partial charge is 0.347 e. The fourth-order valence-corrected chi connectivity index (χ4v) is 1.42. The lowest BCUT2D eigenvalue weighted by molar-refractivity contribution is 0.0799.